The van der Waals surface area contributed by atoms with Crippen LogP contribution in [0.15, 0.2) is 65.7 Å². The molecule has 3 heterocycles. The minimum Gasteiger partial charge on any atom is -0.367 e. The van der Waals surface area contributed by atoms with E-state index in [1.54, 1.807) is 6.07 Å². The molecule has 0 bridgehead atoms. The third-order valence-corrected chi connectivity index (χ3v) is 7.41. The van der Waals surface area contributed by atoms with Crippen LogP contribution in [0.25, 0.3) is 16.8 Å². The second kappa shape index (κ2) is 7.39. The first kappa shape index (κ1) is 20.1. The Kier molecular flexibility index (Phi) is 4.79. The summed E-state index contributed by atoms with van der Waals surface area (Å²) in [6.07, 6.45) is 3.99. The van der Waals surface area contributed by atoms with Crippen LogP contribution in [0.2, 0.25) is 5.02 Å². The molecule has 0 radical (unpaired) electrons. The summed E-state index contributed by atoms with van der Waals surface area (Å²) in [7, 11) is -3.20. The molecule has 1 aliphatic heterocycles. The largest absolute Gasteiger partial charge is 0.367 e. The number of hydrogen-bond acceptors (Lipinski definition) is 4. The predicted octanol–water partition coefficient (Wildman–Crippen LogP) is 4.93. The standard InChI is InChI=1S/C24H22ClN3O2S/c1-16-23-5-3-4-11-28(23)26-24(16)21-14-19(7-9-22(21)25)27-12-10-17-13-20(31(2,29)30)8-6-18(17)15-27/h3-9,11,13-14H,10,12,15H2,1-2H3. The van der Waals surface area contributed by atoms with Gasteiger partial charge >= 0.3 is 0 Å². The van der Waals surface area contributed by atoms with E-state index in [0.717, 1.165) is 58.7 Å². The zero-order valence-corrected chi connectivity index (χ0v) is 18.9. The molecule has 0 aliphatic carbocycles. The van der Waals surface area contributed by atoms with Crippen molar-refractivity contribution in [3.8, 4) is 11.3 Å². The number of sulfone groups is 1. The number of anilines is 1. The van der Waals surface area contributed by atoms with E-state index < -0.39 is 9.84 Å². The van der Waals surface area contributed by atoms with Crippen LogP contribution in [0, 0.1) is 6.92 Å². The van der Waals surface area contributed by atoms with E-state index in [9.17, 15) is 8.42 Å². The molecule has 4 aromatic rings. The number of hydrogen-bond donors (Lipinski definition) is 0. The van der Waals surface area contributed by atoms with Gasteiger partial charge in [0.2, 0.25) is 0 Å². The Balaban J connectivity index is 1.50. The van der Waals surface area contributed by atoms with E-state index in [2.05, 4.69) is 24.0 Å². The molecule has 31 heavy (non-hydrogen) atoms. The molecule has 7 heteroatoms. The summed E-state index contributed by atoms with van der Waals surface area (Å²) >= 11 is 6.59. The first-order valence-corrected chi connectivity index (χ1v) is 12.4. The van der Waals surface area contributed by atoms with Crippen molar-refractivity contribution in [2.75, 3.05) is 17.7 Å². The zero-order valence-electron chi connectivity index (χ0n) is 17.3. The normalized spacial score (nSPS) is 14.1. The highest BCUT2D eigenvalue weighted by Crippen LogP contribution is 2.35. The molecular formula is C24H22ClN3O2S. The van der Waals surface area contributed by atoms with Crippen molar-refractivity contribution in [1.82, 2.24) is 9.61 Å². The van der Waals surface area contributed by atoms with Crippen LogP contribution in [0.3, 0.4) is 0 Å². The Hall–Kier alpha value is -2.83. The van der Waals surface area contributed by atoms with E-state index in [1.165, 1.54) is 6.26 Å². The second-order valence-electron chi connectivity index (χ2n) is 8.04. The highest BCUT2D eigenvalue weighted by Gasteiger charge is 2.21. The Labute approximate surface area is 186 Å². The fourth-order valence-electron chi connectivity index (χ4n) is 4.25. The number of benzene rings is 2. The van der Waals surface area contributed by atoms with Gasteiger partial charge in [-0.05, 0) is 66.9 Å². The molecule has 1 aliphatic rings. The van der Waals surface area contributed by atoms with Crippen molar-refractivity contribution in [2.45, 2.75) is 24.8 Å². The van der Waals surface area contributed by atoms with Gasteiger partial charge in [-0.1, -0.05) is 23.7 Å². The zero-order chi connectivity index (χ0) is 21.8. The number of aryl methyl sites for hydroxylation is 1. The molecule has 0 unspecified atom stereocenters. The lowest BCUT2D eigenvalue weighted by molar-refractivity contribution is 0.601. The van der Waals surface area contributed by atoms with Crippen molar-refractivity contribution in [1.29, 1.82) is 0 Å². The van der Waals surface area contributed by atoms with Crippen LogP contribution in [0.4, 0.5) is 5.69 Å². The van der Waals surface area contributed by atoms with Crippen LogP contribution in [-0.4, -0.2) is 30.8 Å². The lowest BCUT2D eigenvalue weighted by Crippen LogP contribution is -2.30. The maximum Gasteiger partial charge on any atom is 0.175 e. The highest BCUT2D eigenvalue weighted by molar-refractivity contribution is 7.90. The van der Waals surface area contributed by atoms with Gasteiger partial charge in [0, 0.05) is 42.4 Å². The average molecular weight is 452 g/mol. The number of aromatic nitrogens is 2. The molecule has 0 saturated carbocycles. The van der Waals surface area contributed by atoms with Crippen molar-refractivity contribution < 1.29 is 8.42 Å². The van der Waals surface area contributed by atoms with E-state index >= 15 is 0 Å². The van der Waals surface area contributed by atoms with Gasteiger partial charge < -0.3 is 4.90 Å². The van der Waals surface area contributed by atoms with Gasteiger partial charge in [0.25, 0.3) is 0 Å². The van der Waals surface area contributed by atoms with Crippen molar-refractivity contribution >= 4 is 32.6 Å². The summed E-state index contributed by atoms with van der Waals surface area (Å²) in [6, 6.07) is 17.5. The number of nitrogens with zero attached hydrogens (tertiary/aromatic N) is 3. The summed E-state index contributed by atoms with van der Waals surface area (Å²) in [5, 5.41) is 5.43. The summed E-state index contributed by atoms with van der Waals surface area (Å²) in [5.74, 6) is 0. The minimum absolute atomic E-state index is 0.385. The number of pyridine rings is 1. The quantitative estimate of drug-likeness (QED) is 0.443. The lowest BCUT2D eigenvalue weighted by Gasteiger charge is -2.31. The fraction of sp³-hybridized carbons (Fsp3) is 0.208. The number of fused-ring (bicyclic) bond motifs is 2. The van der Waals surface area contributed by atoms with Crippen molar-refractivity contribution in [2.24, 2.45) is 0 Å². The van der Waals surface area contributed by atoms with Gasteiger partial charge in [-0.3, -0.25) is 0 Å². The second-order valence-corrected chi connectivity index (χ2v) is 10.5. The molecule has 2 aromatic heterocycles. The van der Waals surface area contributed by atoms with Crippen LogP contribution in [0.5, 0.6) is 0 Å². The van der Waals surface area contributed by atoms with Crippen LogP contribution in [0.1, 0.15) is 16.7 Å². The van der Waals surface area contributed by atoms with Gasteiger partial charge in [0.1, 0.15) is 0 Å². The molecular weight excluding hydrogens is 430 g/mol. The van der Waals surface area contributed by atoms with Crippen LogP contribution in [-0.2, 0) is 22.8 Å². The summed E-state index contributed by atoms with van der Waals surface area (Å²) in [4.78, 5) is 2.68. The lowest BCUT2D eigenvalue weighted by atomic mass is 9.99. The van der Waals surface area contributed by atoms with Gasteiger partial charge in [-0.2, -0.15) is 5.10 Å². The monoisotopic (exact) mass is 451 g/mol. The maximum absolute atomic E-state index is 11.9. The molecule has 5 nitrogen and oxygen atoms in total. The van der Waals surface area contributed by atoms with Gasteiger partial charge in [0.05, 0.1) is 21.1 Å². The fourth-order valence-corrected chi connectivity index (χ4v) is 5.13. The predicted molar refractivity (Wildman–Crippen MR) is 125 cm³/mol. The summed E-state index contributed by atoms with van der Waals surface area (Å²) in [6.45, 7) is 3.60. The molecule has 5 rings (SSSR count). The van der Waals surface area contributed by atoms with Gasteiger partial charge in [-0.15, -0.1) is 0 Å². The molecule has 158 valence electrons. The Morgan fingerprint density at radius 2 is 1.87 bits per heavy atom. The minimum atomic E-state index is -3.20. The molecule has 0 spiro atoms. The van der Waals surface area contributed by atoms with Crippen molar-refractivity contribution in [3.05, 3.63) is 82.5 Å². The summed E-state index contributed by atoms with van der Waals surface area (Å²) in [5.41, 5.74) is 7.29. The highest BCUT2D eigenvalue weighted by atomic mass is 35.5. The van der Waals surface area contributed by atoms with E-state index in [-0.39, 0.29) is 0 Å². The maximum atomic E-state index is 11.9. The third kappa shape index (κ3) is 3.60. The Morgan fingerprint density at radius 3 is 2.65 bits per heavy atom. The smallest absolute Gasteiger partial charge is 0.175 e. The number of halogens is 1. The van der Waals surface area contributed by atoms with Crippen molar-refractivity contribution in [3.63, 3.8) is 0 Å². The molecule has 0 amide bonds. The molecule has 0 N–H and O–H groups in total. The number of rotatable bonds is 3. The molecule has 0 atom stereocenters. The van der Waals surface area contributed by atoms with Gasteiger partial charge in [-0.25, -0.2) is 12.9 Å². The third-order valence-electron chi connectivity index (χ3n) is 5.97. The first-order valence-electron chi connectivity index (χ1n) is 10.1. The van der Waals surface area contributed by atoms with E-state index in [4.69, 9.17) is 16.7 Å². The Morgan fingerprint density at radius 1 is 1.03 bits per heavy atom. The average Bonchev–Trinajstić information content (AvgIpc) is 3.09. The topological polar surface area (TPSA) is 54.7 Å². The molecule has 0 saturated heterocycles. The first-order chi connectivity index (χ1) is 14.8. The van der Waals surface area contributed by atoms with E-state index in [0.29, 0.717) is 9.92 Å². The van der Waals surface area contributed by atoms with E-state index in [1.807, 2.05) is 47.1 Å². The summed E-state index contributed by atoms with van der Waals surface area (Å²) < 4.78 is 25.6. The van der Waals surface area contributed by atoms with Crippen LogP contribution >= 0.6 is 11.6 Å². The molecule has 0 fully saturated rings. The molecule has 2 aromatic carbocycles. The SMILES string of the molecule is Cc1c(-c2cc(N3CCc4cc(S(C)(=O)=O)ccc4C3)ccc2Cl)nn2ccccc12. The van der Waals surface area contributed by atoms with Gasteiger partial charge in [0.15, 0.2) is 9.84 Å². The van der Waals surface area contributed by atoms with Crippen LogP contribution < -0.4 is 4.90 Å². The Bertz CT molecular complexity index is 1430.